The fourth-order valence-electron chi connectivity index (χ4n) is 1.95. The summed E-state index contributed by atoms with van der Waals surface area (Å²) in [7, 11) is 0. The van der Waals surface area contributed by atoms with Crippen LogP contribution in [0.25, 0.3) is 0 Å². The molecule has 0 fully saturated rings. The summed E-state index contributed by atoms with van der Waals surface area (Å²) >= 11 is 0. The molecule has 5 nitrogen and oxygen atoms in total. The third-order valence-electron chi connectivity index (χ3n) is 3.03. The second kappa shape index (κ2) is 8.01. The predicted molar refractivity (Wildman–Crippen MR) is 78.4 cm³/mol. The van der Waals surface area contributed by atoms with Gasteiger partial charge in [-0.3, -0.25) is 4.98 Å². The van der Waals surface area contributed by atoms with Crippen molar-refractivity contribution in [2.24, 2.45) is 0 Å². The molecule has 21 heavy (non-hydrogen) atoms. The minimum Gasteiger partial charge on any atom is -0.445 e. The van der Waals surface area contributed by atoms with Gasteiger partial charge in [-0.1, -0.05) is 30.3 Å². The predicted octanol–water partition coefficient (Wildman–Crippen LogP) is 2.43. The fourth-order valence-corrected chi connectivity index (χ4v) is 1.95. The first-order valence-electron chi connectivity index (χ1n) is 6.77. The molecule has 2 aromatic rings. The normalized spacial score (nSPS) is 11.7. The van der Waals surface area contributed by atoms with Gasteiger partial charge in [-0.05, 0) is 29.7 Å². The summed E-state index contributed by atoms with van der Waals surface area (Å²) in [6.07, 6.45) is 3.21. The zero-order chi connectivity index (χ0) is 14.9. The van der Waals surface area contributed by atoms with Crippen molar-refractivity contribution in [1.29, 1.82) is 0 Å². The Hall–Kier alpha value is -2.40. The molecule has 5 heteroatoms. The van der Waals surface area contributed by atoms with Crippen molar-refractivity contribution < 1.29 is 14.6 Å². The van der Waals surface area contributed by atoms with Gasteiger partial charge in [0.05, 0.1) is 6.04 Å². The lowest BCUT2D eigenvalue weighted by Crippen LogP contribution is -2.29. The minimum atomic E-state index is -0.505. The number of alkyl carbamates (subject to hydrolysis) is 1. The number of rotatable bonds is 6. The molecule has 0 radical (unpaired) electrons. The molecule has 2 N–H and O–H groups in total. The molecule has 0 bridgehead atoms. The van der Waals surface area contributed by atoms with Gasteiger partial charge < -0.3 is 15.2 Å². The van der Waals surface area contributed by atoms with Crippen LogP contribution in [0.2, 0.25) is 0 Å². The van der Waals surface area contributed by atoms with Crippen LogP contribution in [0.15, 0.2) is 54.9 Å². The molecule has 1 heterocycles. The summed E-state index contributed by atoms with van der Waals surface area (Å²) in [6, 6.07) is 12.8. The maximum Gasteiger partial charge on any atom is 0.407 e. The van der Waals surface area contributed by atoms with Gasteiger partial charge in [0.25, 0.3) is 0 Å². The molecule has 0 aliphatic carbocycles. The van der Waals surface area contributed by atoms with Crippen molar-refractivity contribution in [2.45, 2.75) is 19.1 Å². The van der Waals surface area contributed by atoms with Crippen LogP contribution >= 0.6 is 0 Å². The van der Waals surface area contributed by atoms with Gasteiger partial charge in [0.2, 0.25) is 0 Å². The second-order valence-electron chi connectivity index (χ2n) is 4.55. The summed E-state index contributed by atoms with van der Waals surface area (Å²) in [6.45, 7) is 0.195. The van der Waals surface area contributed by atoms with Crippen molar-refractivity contribution in [3.8, 4) is 0 Å². The number of hydrogen-bond donors (Lipinski definition) is 2. The van der Waals surface area contributed by atoms with Crippen LogP contribution in [0.4, 0.5) is 4.79 Å². The number of amides is 1. The quantitative estimate of drug-likeness (QED) is 0.855. The topological polar surface area (TPSA) is 71.5 Å². The number of hydrogen-bond acceptors (Lipinski definition) is 4. The standard InChI is InChI=1S/C16H18N2O3/c19-11-8-15(14-6-9-17-10-7-14)18-16(20)21-12-13-4-2-1-3-5-13/h1-7,9-10,15,19H,8,11-12H2,(H,18,20). The minimum absolute atomic E-state index is 0.0219. The molecule has 1 unspecified atom stereocenters. The van der Waals surface area contributed by atoms with Gasteiger partial charge in [0.1, 0.15) is 6.61 Å². The number of nitrogens with one attached hydrogen (secondary N) is 1. The Balaban J connectivity index is 1.89. The zero-order valence-electron chi connectivity index (χ0n) is 11.6. The lowest BCUT2D eigenvalue weighted by atomic mass is 10.1. The number of ether oxygens (including phenoxy) is 1. The number of aliphatic hydroxyl groups excluding tert-OH is 1. The van der Waals surface area contributed by atoms with Crippen molar-refractivity contribution in [3.63, 3.8) is 0 Å². The Morgan fingerprint density at radius 1 is 1.19 bits per heavy atom. The van der Waals surface area contributed by atoms with Crippen LogP contribution in [-0.4, -0.2) is 22.8 Å². The molecular formula is C16H18N2O3. The van der Waals surface area contributed by atoms with Gasteiger partial charge in [-0.2, -0.15) is 0 Å². The van der Waals surface area contributed by atoms with E-state index in [0.717, 1.165) is 11.1 Å². The third-order valence-corrected chi connectivity index (χ3v) is 3.03. The molecule has 2 rings (SSSR count). The SMILES string of the molecule is O=C(NC(CCO)c1ccncc1)OCc1ccccc1. The fraction of sp³-hybridized carbons (Fsp3) is 0.250. The number of pyridine rings is 1. The van der Waals surface area contributed by atoms with Gasteiger partial charge in [0.15, 0.2) is 0 Å². The second-order valence-corrected chi connectivity index (χ2v) is 4.55. The number of aromatic nitrogens is 1. The first-order chi connectivity index (χ1) is 10.3. The molecule has 110 valence electrons. The lowest BCUT2D eigenvalue weighted by molar-refractivity contribution is 0.133. The molecule has 0 saturated heterocycles. The molecule has 0 saturated carbocycles. The Kier molecular flexibility index (Phi) is 5.72. The van der Waals surface area contributed by atoms with Gasteiger partial charge in [-0.25, -0.2) is 4.79 Å². The van der Waals surface area contributed by atoms with Crippen molar-refractivity contribution in [3.05, 3.63) is 66.0 Å². The van der Waals surface area contributed by atoms with Crippen LogP contribution in [0.3, 0.4) is 0 Å². The van der Waals surface area contributed by atoms with Crippen LogP contribution in [-0.2, 0) is 11.3 Å². The van der Waals surface area contributed by atoms with Crippen LogP contribution < -0.4 is 5.32 Å². The van der Waals surface area contributed by atoms with Gasteiger partial charge in [0, 0.05) is 19.0 Å². The van der Waals surface area contributed by atoms with E-state index in [2.05, 4.69) is 10.3 Å². The highest BCUT2D eigenvalue weighted by molar-refractivity contribution is 5.67. The van der Waals surface area contributed by atoms with Crippen molar-refractivity contribution in [2.75, 3.05) is 6.61 Å². The smallest absolute Gasteiger partial charge is 0.407 e. The largest absolute Gasteiger partial charge is 0.445 e. The molecule has 1 aromatic carbocycles. The van der Waals surface area contributed by atoms with Crippen LogP contribution in [0, 0.1) is 0 Å². The summed E-state index contributed by atoms with van der Waals surface area (Å²) in [4.78, 5) is 15.8. The van der Waals surface area contributed by atoms with E-state index < -0.39 is 6.09 Å². The van der Waals surface area contributed by atoms with E-state index in [4.69, 9.17) is 9.84 Å². The molecule has 0 aliphatic rings. The molecule has 1 amide bonds. The summed E-state index contributed by atoms with van der Waals surface area (Å²) < 4.78 is 5.18. The maximum absolute atomic E-state index is 11.8. The van der Waals surface area contributed by atoms with E-state index in [9.17, 15) is 4.79 Å². The molecule has 1 aromatic heterocycles. The Bertz CT molecular complexity index is 546. The van der Waals surface area contributed by atoms with Gasteiger partial charge >= 0.3 is 6.09 Å². The molecular weight excluding hydrogens is 268 g/mol. The molecule has 1 atom stereocenters. The van der Waals surface area contributed by atoms with E-state index in [1.165, 1.54) is 0 Å². The van der Waals surface area contributed by atoms with E-state index in [1.54, 1.807) is 24.5 Å². The monoisotopic (exact) mass is 286 g/mol. The van der Waals surface area contributed by atoms with Crippen LogP contribution in [0.1, 0.15) is 23.6 Å². The number of carbonyl (C=O) groups is 1. The maximum atomic E-state index is 11.8. The highest BCUT2D eigenvalue weighted by Gasteiger charge is 2.14. The molecule has 0 spiro atoms. The average Bonchev–Trinajstić information content (AvgIpc) is 2.54. The summed E-state index contributed by atoms with van der Waals surface area (Å²) in [5, 5.41) is 11.9. The van der Waals surface area contributed by atoms with E-state index >= 15 is 0 Å². The molecule has 0 aliphatic heterocycles. The Morgan fingerprint density at radius 2 is 1.90 bits per heavy atom. The van der Waals surface area contributed by atoms with Gasteiger partial charge in [-0.15, -0.1) is 0 Å². The van der Waals surface area contributed by atoms with Crippen molar-refractivity contribution >= 4 is 6.09 Å². The first-order valence-corrected chi connectivity index (χ1v) is 6.77. The zero-order valence-corrected chi connectivity index (χ0v) is 11.6. The third kappa shape index (κ3) is 4.89. The van der Waals surface area contributed by atoms with E-state index in [1.807, 2.05) is 30.3 Å². The average molecular weight is 286 g/mol. The number of nitrogens with zero attached hydrogens (tertiary/aromatic N) is 1. The highest BCUT2D eigenvalue weighted by atomic mass is 16.5. The number of aliphatic hydroxyl groups is 1. The van der Waals surface area contributed by atoms with Crippen LogP contribution in [0.5, 0.6) is 0 Å². The first kappa shape index (κ1) is 15.0. The lowest BCUT2D eigenvalue weighted by Gasteiger charge is -2.17. The summed E-state index contributed by atoms with van der Waals surface area (Å²) in [5.41, 5.74) is 1.81. The van der Waals surface area contributed by atoms with E-state index in [-0.39, 0.29) is 19.3 Å². The Labute approximate surface area is 123 Å². The Morgan fingerprint density at radius 3 is 2.57 bits per heavy atom. The number of carbonyl (C=O) groups excluding carboxylic acids is 1. The van der Waals surface area contributed by atoms with Crippen molar-refractivity contribution in [1.82, 2.24) is 10.3 Å². The number of benzene rings is 1. The summed E-state index contributed by atoms with van der Waals surface area (Å²) in [5.74, 6) is 0. The van der Waals surface area contributed by atoms with E-state index in [0.29, 0.717) is 6.42 Å². The highest BCUT2D eigenvalue weighted by Crippen LogP contribution is 2.15.